The first-order valence-electron chi connectivity index (χ1n) is 5.60. The molecule has 0 amide bonds. The third kappa shape index (κ3) is 3.14. The van der Waals surface area contributed by atoms with Gasteiger partial charge in [-0.25, -0.2) is 0 Å². The van der Waals surface area contributed by atoms with Gasteiger partial charge in [0.05, 0.1) is 10.0 Å². The summed E-state index contributed by atoms with van der Waals surface area (Å²) < 4.78 is 0. The molecule has 1 rings (SSSR count). The summed E-state index contributed by atoms with van der Waals surface area (Å²) in [5, 5.41) is 4.53. The molecule has 1 aromatic rings. The Balaban J connectivity index is 3.14. The second-order valence-corrected chi connectivity index (χ2v) is 5.76. The quantitative estimate of drug-likeness (QED) is 0.903. The molecule has 0 radical (unpaired) electrons. The van der Waals surface area contributed by atoms with Crippen molar-refractivity contribution in [1.82, 2.24) is 10.2 Å². The van der Waals surface area contributed by atoms with E-state index in [1.165, 1.54) is 0 Å². The third-order valence-corrected chi connectivity index (χ3v) is 4.16. The lowest BCUT2D eigenvalue weighted by molar-refractivity contribution is 0.142. The molecular weight excluding hydrogens is 255 g/mol. The Morgan fingerprint density at radius 2 is 1.76 bits per heavy atom. The molecule has 1 atom stereocenters. The second-order valence-electron chi connectivity index (χ2n) is 4.94. The number of likely N-dealkylation sites (N-methyl/N-ethyl adjacent to an activating group) is 2. The Hall–Kier alpha value is -0.280. The van der Waals surface area contributed by atoms with Gasteiger partial charge in [0.1, 0.15) is 0 Å². The Kier molecular flexibility index (Phi) is 4.85. The molecule has 0 spiro atoms. The number of halogens is 2. The van der Waals surface area contributed by atoms with Crippen LogP contribution in [-0.4, -0.2) is 31.6 Å². The normalized spacial score (nSPS) is 14.1. The summed E-state index contributed by atoms with van der Waals surface area (Å²) in [6, 6.07) is 5.97. The van der Waals surface area contributed by atoms with E-state index in [0.717, 1.165) is 5.56 Å². The van der Waals surface area contributed by atoms with Crippen molar-refractivity contribution in [3.8, 4) is 0 Å². The maximum absolute atomic E-state index is 6.07. The van der Waals surface area contributed by atoms with Crippen molar-refractivity contribution < 1.29 is 0 Å². The van der Waals surface area contributed by atoms with Crippen molar-refractivity contribution in [2.24, 2.45) is 0 Å². The van der Waals surface area contributed by atoms with Crippen LogP contribution in [0.4, 0.5) is 0 Å². The van der Waals surface area contributed by atoms with Gasteiger partial charge in [-0.2, -0.15) is 0 Å². The number of hydrogen-bond acceptors (Lipinski definition) is 2. The van der Waals surface area contributed by atoms with E-state index in [4.69, 9.17) is 23.2 Å². The molecular formula is C13H20Cl2N2. The van der Waals surface area contributed by atoms with Gasteiger partial charge in [0.25, 0.3) is 0 Å². The number of benzene rings is 1. The van der Waals surface area contributed by atoms with Crippen LogP contribution in [0.25, 0.3) is 0 Å². The van der Waals surface area contributed by atoms with Crippen LogP contribution in [0.3, 0.4) is 0 Å². The van der Waals surface area contributed by atoms with Crippen LogP contribution in [0.1, 0.15) is 25.5 Å². The smallest absolute Gasteiger partial charge is 0.0595 e. The van der Waals surface area contributed by atoms with Crippen molar-refractivity contribution in [3.05, 3.63) is 33.8 Å². The van der Waals surface area contributed by atoms with Crippen LogP contribution in [0.5, 0.6) is 0 Å². The van der Waals surface area contributed by atoms with Gasteiger partial charge < -0.3 is 10.2 Å². The average Bonchev–Trinajstić information content (AvgIpc) is 2.23. The molecule has 0 saturated heterocycles. The molecule has 0 heterocycles. The summed E-state index contributed by atoms with van der Waals surface area (Å²) in [6.07, 6.45) is 0. The number of rotatable bonds is 4. The van der Waals surface area contributed by atoms with Crippen molar-refractivity contribution >= 4 is 23.2 Å². The Bertz CT molecular complexity index is 389. The zero-order chi connectivity index (χ0) is 13.2. The van der Waals surface area contributed by atoms with E-state index in [-0.39, 0.29) is 11.6 Å². The molecule has 2 nitrogen and oxygen atoms in total. The maximum atomic E-state index is 6.07. The number of nitrogens with one attached hydrogen (secondary N) is 1. The fourth-order valence-corrected chi connectivity index (χ4v) is 2.18. The minimum atomic E-state index is -0.0219. The fourth-order valence-electron chi connectivity index (χ4n) is 1.88. The van der Waals surface area contributed by atoms with Gasteiger partial charge in [-0.1, -0.05) is 29.3 Å². The highest BCUT2D eigenvalue weighted by atomic mass is 35.5. The lowest BCUT2D eigenvalue weighted by Crippen LogP contribution is -2.48. The van der Waals surface area contributed by atoms with Gasteiger partial charge >= 0.3 is 0 Å². The topological polar surface area (TPSA) is 15.3 Å². The van der Waals surface area contributed by atoms with Crippen LogP contribution in [-0.2, 0) is 0 Å². The van der Waals surface area contributed by atoms with E-state index in [1.54, 1.807) is 0 Å². The Morgan fingerprint density at radius 3 is 2.18 bits per heavy atom. The molecule has 96 valence electrons. The van der Waals surface area contributed by atoms with Gasteiger partial charge in [0, 0.05) is 11.6 Å². The molecule has 1 N–H and O–H groups in total. The molecule has 0 aliphatic heterocycles. The Labute approximate surface area is 114 Å². The monoisotopic (exact) mass is 274 g/mol. The van der Waals surface area contributed by atoms with Crippen molar-refractivity contribution in [2.45, 2.75) is 25.4 Å². The third-order valence-electron chi connectivity index (χ3n) is 3.42. The highest BCUT2D eigenvalue weighted by molar-refractivity contribution is 6.42. The first kappa shape index (κ1) is 14.8. The lowest BCUT2D eigenvalue weighted by atomic mass is 9.87. The Morgan fingerprint density at radius 1 is 1.18 bits per heavy atom. The van der Waals surface area contributed by atoms with Crippen molar-refractivity contribution in [1.29, 1.82) is 0 Å². The van der Waals surface area contributed by atoms with Crippen LogP contribution in [0.15, 0.2) is 18.2 Å². The first-order chi connectivity index (χ1) is 7.80. The lowest BCUT2D eigenvalue weighted by Gasteiger charge is -2.40. The molecule has 17 heavy (non-hydrogen) atoms. The van der Waals surface area contributed by atoms with Crippen LogP contribution in [0, 0.1) is 0 Å². The van der Waals surface area contributed by atoms with E-state index in [0.29, 0.717) is 10.0 Å². The molecule has 1 aromatic carbocycles. The van der Waals surface area contributed by atoms with E-state index in [1.807, 2.05) is 25.2 Å². The summed E-state index contributed by atoms with van der Waals surface area (Å²) in [7, 11) is 6.10. The summed E-state index contributed by atoms with van der Waals surface area (Å²) in [4.78, 5) is 2.19. The number of hydrogen-bond donors (Lipinski definition) is 1. The van der Waals surface area contributed by atoms with Gasteiger partial charge in [0.2, 0.25) is 0 Å². The standard InChI is InChI=1S/C13H20Cl2N2/c1-13(2,17(4)5)12(16-3)9-6-7-10(14)11(15)8-9/h6-8,12,16H,1-5H3. The fraction of sp³-hybridized carbons (Fsp3) is 0.538. The highest BCUT2D eigenvalue weighted by Crippen LogP contribution is 2.32. The summed E-state index contributed by atoms with van der Waals surface area (Å²) in [5.74, 6) is 0. The van der Waals surface area contributed by atoms with Crippen molar-refractivity contribution in [3.63, 3.8) is 0 Å². The van der Waals surface area contributed by atoms with E-state index < -0.39 is 0 Å². The minimum Gasteiger partial charge on any atom is -0.311 e. The summed E-state index contributed by atoms with van der Waals surface area (Å²) >= 11 is 12.0. The average molecular weight is 275 g/mol. The van der Waals surface area contributed by atoms with E-state index in [2.05, 4.69) is 38.2 Å². The zero-order valence-electron chi connectivity index (χ0n) is 11.0. The minimum absolute atomic E-state index is 0.0219. The summed E-state index contributed by atoms with van der Waals surface area (Å²) in [5.41, 5.74) is 1.12. The first-order valence-corrected chi connectivity index (χ1v) is 6.36. The SMILES string of the molecule is CNC(c1ccc(Cl)c(Cl)c1)C(C)(C)N(C)C. The van der Waals surface area contributed by atoms with E-state index in [9.17, 15) is 0 Å². The van der Waals surface area contributed by atoms with Gasteiger partial charge in [-0.15, -0.1) is 0 Å². The van der Waals surface area contributed by atoms with Crippen LogP contribution < -0.4 is 5.32 Å². The van der Waals surface area contributed by atoms with Gasteiger partial charge in [-0.3, -0.25) is 0 Å². The molecule has 1 unspecified atom stereocenters. The van der Waals surface area contributed by atoms with Gasteiger partial charge in [-0.05, 0) is 52.7 Å². The predicted octanol–water partition coefficient (Wildman–Crippen LogP) is 3.59. The molecule has 0 bridgehead atoms. The van der Waals surface area contributed by atoms with Gasteiger partial charge in [0.15, 0.2) is 0 Å². The molecule has 0 aliphatic carbocycles. The zero-order valence-corrected chi connectivity index (χ0v) is 12.5. The molecule has 0 fully saturated rings. The molecule has 0 aliphatic rings. The second kappa shape index (κ2) is 5.57. The summed E-state index contributed by atoms with van der Waals surface area (Å²) in [6.45, 7) is 4.38. The molecule has 4 heteroatoms. The van der Waals surface area contributed by atoms with Crippen LogP contribution in [0.2, 0.25) is 10.0 Å². The highest BCUT2D eigenvalue weighted by Gasteiger charge is 2.31. The largest absolute Gasteiger partial charge is 0.311 e. The molecule has 0 saturated carbocycles. The molecule has 0 aromatic heterocycles. The van der Waals surface area contributed by atoms with Crippen LogP contribution >= 0.6 is 23.2 Å². The predicted molar refractivity (Wildman–Crippen MR) is 76.0 cm³/mol. The maximum Gasteiger partial charge on any atom is 0.0595 e. The van der Waals surface area contributed by atoms with E-state index >= 15 is 0 Å². The van der Waals surface area contributed by atoms with Crippen molar-refractivity contribution in [2.75, 3.05) is 21.1 Å². The number of nitrogens with zero attached hydrogens (tertiary/aromatic N) is 1.